The minimum absolute atomic E-state index is 0.0818. The standard InChI is InChI=1S/C16H19N3O5/c20-15(11-24-14-4-2-1-3-13(14)19(22)23)17-7-9-18(10-8-17)16(21)12-5-6-12/h1-4,12H,5-11H2. The van der Waals surface area contributed by atoms with Crippen LogP contribution in [-0.4, -0.2) is 59.3 Å². The van der Waals surface area contributed by atoms with Gasteiger partial charge in [-0.2, -0.15) is 0 Å². The Balaban J connectivity index is 1.49. The molecule has 1 saturated heterocycles. The largest absolute Gasteiger partial charge is 0.477 e. The van der Waals surface area contributed by atoms with E-state index in [4.69, 9.17) is 4.74 Å². The highest BCUT2D eigenvalue weighted by molar-refractivity contribution is 5.82. The summed E-state index contributed by atoms with van der Waals surface area (Å²) >= 11 is 0. The highest BCUT2D eigenvalue weighted by atomic mass is 16.6. The van der Waals surface area contributed by atoms with Crippen molar-refractivity contribution in [3.8, 4) is 5.75 Å². The summed E-state index contributed by atoms with van der Waals surface area (Å²) < 4.78 is 5.32. The van der Waals surface area contributed by atoms with E-state index in [2.05, 4.69) is 0 Å². The van der Waals surface area contributed by atoms with E-state index in [9.17, 15) is 19.7 Å². The average Bonchev–Trinajstić information content (AvgIpc) is 3.44. The number of ether oxygens (including phenoxy) is 1. The van der Waals surface area contributed by atoms with E-state index in [-0.39, 0.29) is 35.8 Å². The molecule has 8 heteroatoms. The monoisotopic (exact) mass is 333 g/mol. The Bertz CT molecular complexity index is 651. The van der Waals surface area contributed by atoms with Crippen LogP contribution in [0, 0.1) is 16.0 Å². The van der Waals surface area contributed by atoms with Gasteiger partial charge in [0.2, 0.25) is 5.91 Å². The van der Waals surface area contributed by atoms with Crippen molar-refractivity contribution >= 4 is 17.5 Å². The Morgan fingerprint density at radius 1 is 1.12 bits per heavy atom. The number of nitro benzene ring substituents is 1. The molecule has 0 unspecified atom stereocenters. The molecule has 1 aliphatic heterocycles. The zero-order valence-corrected chi connectivity index (χ0v) is 13.2. The lowest BCUT2D eigenvalue weighted by Crippen LogP contribution is -2.52. The third-order valence-corrected chi connectivity index (χ3v) is 4.28. The molecule has 1 aromatic carbocycles. The first-order valence-electron chi connectivity index (χ1n) is 7.99. The van der Waals surface area contributed by atoms with Crippen LogP contribution in [0.2, 0.25) is 0 Å². The van der Waals surface area contributed by atoms with E-state index in [0.29, 0.717) is 26.2 Å². The Kier molecular flexibility index (Phi) is 4.64. The number of para-hydroxylation sites is 2. The lowest BCUT2D eigenvalue weighted by molar-refractivity contribution is -0.385. The maximum absolute atomic E-state index is 12.2. The Morgan fingerprint density at radius 2 is 1.75 bits per heavy atom. The van der Waals surface area contributed by atoms with Crippen molar-refractivity contribution in [2.24, 2.45) is 5.92 Å². The number of carbonyl (C=O) groups is 2. The Morgan fingerprint density at radius 3 is 2.38 bits per heavy atom. The van der Waals surface area contributed by atoms with Crippen LogP contribution < -0.4 is 4.74 Å². The molecular formula is C16H19N3O5. The third kappa shape index (κ3) is 3.64. The zero-order chi connectivity index (χ0) is 17.1. The molecule has 1 aromatic rings. The minimum Gasteiger partial charge on any atom is -0.477 e. The number of hydrogen-bond donors (Lipinski definition) is 0. The zero-order valence-electron chi connectivity index (χ0n) is 13.2. The van der Waals surface area contributed by atoms with Gasteiger partial charge in [0.1, 0.15) is 0 Å². The molecular weight excluding hydrogens is 314 g/mol. The predicted molar refractivity (Wildman–Crippen MR) is 84.5 cm³/mol. The molecule has 0 bridgehead atoms. The summed E-state index contributed by atoms with van der Waals surface area (Å²) in [5.74, 6) is 0.234. The second-order valence-electron chi connectivity index (χ2n) is 5.99. The molecule has 0 radical (unpaired) electrons. The molecule has 0 N–H and O–H groups in total. The summed E-state index contributed by atoms with van der Waals surface area (Å²) in [6.45, 7) is 1.76. The van der Waals surface area contributed by atoms with Gasteiger partial charge >= 0.3 is 5.69 Å². The van der Waals surface area contributed by atoms with E-state index in [1.807, 2.05) is 4.90 Å². The molecule has 128 valence electrons. The number of hydrogen-bond acceptors (Lipinski definition) is 5. The molecule has 2 aliphatic rings. The number of nitrogens with zero attached hydrogens (tertiary/aromatic N) is 3. The lowest BCUT2D eigenvalue weighted by Gasteiger charge is -2.34. The van der Waals surface area contributed by atoms with Crippen LogP contribution >= 0.6 is 0 Å². The second-order valence-corrected chi connectivity index (χ2v) is 5.99. The van der Waals surface area contributed by atoms with Crippen LogP contribution in [0.5, 0.6) is 5.75 Å². The van der Waals surface area contributed by atoms with Crippen LogP contribution in [-0.2, 0) is 9.59 Å². The molecule has 24 heavy (non-hydrogen) atoms. The van der Waals surface area contributed by atoms with Crippen LogP contribution in [0.25, 0.3) is 0 Å². The molecule has 0 atom stereocenters. The fourth-order valence-electron chi connectivity index (χ4n) is 2.73. The SMILES string of the molecule is O=C(COc1ccccc1[N+](=O)[O-])N1CCN(C(=O)C2CC2)CC1. The van der Waals surface area contributed by atoms with E-state index < -0.39 is 4.92 Å². The second kappa shape index (κ2) is 6.86. The summed E-state index contributed by atoms with van der Waals surface area (Å²) in [5.41, 5.74) is -0.162. The van der Waals surface area contributed by atoms with Gasteiger partial charge in [-0.05, 0) is 18.9 Å². The third-order valence-electron chi connectivity index (χ3n) is 4.28. The maximum atomic E-state index is 12.2. The van der Waals surface area contributed by atoms with Gasteiger partial charge in [-0.15, -0.1) is 0 Å². The van der Waals surface area contributed by atoms with Crippen molar-refractivity contribution in [2.45, 2.75) is 12.8 Å². The number of piperazine rings is 1. The van der Waals surface area contributed by atoms with Gasteiger partial charge < -0.3 is 14.5 Å². The molecule has 0 aromatic heterocycles. The first-order chi connectivity index (χ1) is 11.6. The molecule has 2 amide bonds. The summed E-state index contributed by atoms with van der Waals surface area (Å²) in [5, 5.41) is 10.9. The fraction of sp³-hybridized carbons (Fsp3) is 0.500. The number of carbonyl (C=O) groups excluding carboxylic acids is 2. The first-order valence-corrected chi connectivity index (χ1v) is 7.99. The number of benzene rings is 1. The van der Waals surface area contributed by atoms with Gasteiger partial charge in [0.25, 0.3) is 5.91 Å². The van der Waals surface area contributed by atoms with Gasteiger partial charge in [-0.1, -0.05) is 12.1 Å². The summed E-state index contributed by atoms with van der Waals surface area (Å²) in [7, 11) is 0. The van der Waals surface area contributed by atoms with Crippen molar-refractivity contribution in [1.82, 2.24) is 9.80 Å². The highest BCUT2D eigenvalue weighted by Crippen LogP contribution is 2.31. The minimum atomic E-state index is -0.540. The van der Waals surface area contributed by atoms with Gasteiger partial charge in [0, 0.05) is 38.2 Å². The first kappa shape index (κ1) is 16.2. The molecule has 1 saturated carbocycles. The molecule has 3 rings (SSSR count). The summed E-state index contributed by atoms with van der Waals surface area (Å²) in [4.78, 5) is 38.0. The van der Waals surface area contributed by atoms with E-state index in [0.717, 1.165) is 12.8 Å². The predicted octanol–water partition coefficient (Wildman–Crippen LogP) is 1.05. The highest BCUT2D eigenvalue weighted by Gasteiger charge is 2.35. The van der Waals surface area contributed by atoms with Gasteiger partial charge in [0.05, 0.1) is 4.92 Å². The van der Waals surface area contributed by atoms with Crippen molar-refractivity contribution in [2.75, 3.05) is 32.8 Å². The van der Waals surface area contributed by atoms with Crippen molar-refractivity contribution < 1.29 is 19.2 Å². The van der Waals surface area contributed by atoms with Gasteiger partial charge in [-0.25, -0.2) is 0 Å². The van der Waals surface area contributed by atoms with Crippen LogP contribution in [0.1, 0.15) is 12.8 Å². The smallest absolute Gasteiger partial charge is 0.310 e. The molecule has 8 nitrogen and oxygen atoms in total. The Labute approximate surface area is 139 Å². The average molecular weight is 333 g/mol. The quantitative estimate of drug-likeness (QED) is 0.593. The van der Waals surface area contributed by atoms with Crippen molar-refractivity contribution in [1.29, 1.82) is 0 Å². The lowest BCUT2D eigenvalue weighted by atomic mass is 10.2. The summed E-state index contributed by atoms with van der Waals surface area (Å²) in [6, 6.07) is 5.97. The molecule has 1 heterocycles. The summed E-state index contributed by atoms with van der Waals surface area (Å²) in [6.07, 6.45) is 1.95. The fourth-order valence-corrected chi connectivity index (χ4v) is 2.73. The van der Waals surface area contributed by atoms with Gasteiger partial charge in [-0.3, -0.25) is 19.7 Å². The normalized spacial score (nSPS) is 17.5. The van der Waals surface area contributed by atoms with E-state index >= 15 is 0 Å². The molecule has 2 fully saturated rings. The molecule has 1 aliphatic carbocycles. The van der Waals surface area contributed by atoms with Crippen molar-refractivity contribution in [3.63, 3.8) is 0 Å². The number of nitro groups is 1. The van der Waals surface area contributed by atoms with Crippen LogP contribution in [0.3, 0.4) is 0 Å². The number of rotatable bonds is 5. The number of amides is 2. The molecule has 0 spiro atoms. The maximum Gasteiger partial charge on any atom is 0.310 e. The van der Waals surface area contributed by atoms with E-state index in [1.165, 1.54) is 12.1 Å². The van der Waals surface area contributed by atoms with Gasteiger partial charge in [0.15, 0.2) is 12.4 Å². The van der Waals surface area contributed by atoms with E-state index in [1.54, 1.807) is 17.0 Å². The van der Waals surface area contributed by atoms with Crippen LogP contribution in [0.15, 0.2) is 24.3 Å². The Hall–Kier alpha value is -2.64. The van der Waals surface area contributed by atoms with Crippen molar-refractivity contribution in [3.05, 3.63) is 34.4 Å². The topological polar surface area (TPSA) is 93.0 Å². The van der Waals surface area contributed by atoms with Crippen LogP contribution in [0.4, 0.5) is 5.69 Å².